The number of aromatic nitrogens is 2. The third kappa shape index (κ3) is 2.91. The van der Waals surface area contributed by atoms with Crippen molar-refractivity contribution in [3.8, 4) is 11.6 Å². The maximum atomic E-state index is 5.96. The van der Waals surface area contributed by atoms with Gasteiger partial charge in [0.1, 0.15) is 15.9 Å². The maximum Gasteiger partial charge on any atom is 0.225 e. The van der Waals surface area contributed by atoms with Crippen molar-refractivity contribution in [3.05, 3.63) is 39.5 Å². The van der Waals surface area contributed by atoms with Crippen LogP contribution in [0.1, 0.15) is 0 Å². The molecule has 0 aliphatic rings. The topological polar surface area (TPSA) is 61.0 Å². The summed E-state index contributed by atoms with van der Waals surface area (Å²) in [5, 5.41) is 0.866. The first kappa shape index (κ1) is 12.2. The molecular formula is C10H6Cl3N3O. The van der Waals surface area contributed by atoms with E-state index in [0.717, 1.165) is 0 Å². The fraction of sp³-hybridized carbons (Fsp3) is 0. The first-order valence-corrected chi connectivity index (χ1v) is 5.61. The van der Waals surface area contributed by atoms with Gasteiger partial charge in [0.05, 0.1) is 5.02 Å². The molecule has 17 heavy (non-hydrogen) atoms. The second-order valence-corrected chi connectivity index (χ2v) is 4.21. The van der Waals surface area contributed by atoms with Crippen LogP contribution in [-0.4, -0.2) is 9.97 Å². The lowest BCUT2D eigenvalue weighted by Gasteiger charge is -2.07. The van der Waals surface area contributed by atoms with Crippen LogP contribution in [0.2, 0.25) is 15.2 Å². The van der Waals surface area contributed by atoms with Crippen LogP contribution in [-0.2, 0) is 0 Å². The van der Waals surface area contributed by atoms with Gasteiger partial charge in [-0.3, -0.25) is 0 Å². The van der Waals surface area contributed by atoms with Gasteiger partial charge >= 0.3 is 0 Å². The van der Waals surface area contributed by atoms with Gasteiger partial charge in [-0.2, -0.15) is 4.98 Å². The number of anilines is 1. The van der Waals surface area contributed by atoms with Gasteiger partial charge in [0.2, 0.25) is 11.8 Å². The minimum atomic E-state index is 0.0191. The van der Waals surface area contributed by atoms with E-state index in [1.807, 2.05) is 0 Å². The van der Waals surface area contributed by atoms with Crippen LogP contribution < -0.4 is 10.5 Å². The highest BCUT2D eigenvalue weighted by Crippen LogP contribution is 2.34. The number of rotatable bonds is 2. The van der Waals surface area contributed by atoms with Gasteiger partial charge in [-0.15, -0.1) is 0 Å². The summed E-state index contributed by atoms with van der Waals surface area (Å²) in [6.45, 7) is 0. The van der Waals surface area contributed by atoms with Gasteiger partial charge in [-0.05, 0) is 12.1 Å². The molecule has 0 unspecified atom stereocenters. The molecule has 2 aromatic rings. The Balaban J connectivity index is 2.34. The molecule has 0 spiro atoms. The van der Waals surface area contributed by atoms with E-state index >= 15 is 0 Å². The molecule has 0 aliphatic heterocycles. The number of nitrogens with two attached hydrogens (primary N) is 1. The van der Waals surface area contributed by atoms with E-state index in [0.29, 0.717) is 15.8 Å². The first-order chi connectivity index (χ1) is 8.06. The Morgan fingerprint density at radius 1 is 1.12 bits per heavy atom. The molecule has 0 saturated carbocycles. The summed E-state index contributed by atoms with van der Waals surface area (Å²) >= 11 is 17.5. The monoisotopic (exact) mass is 289 g/mol. The normalized spacial score (nSPS) is 10.3. The second kappa shape index (κ2) is 4.96. The Morgan fingerprint density at radius 2 is 1.88 bits per heavy atom. The number of hydrogen-bond donors (Lipinski definition) is 1. The summed E-state index contributed by atoms with van der Waals surface area (Å²) in [5.74, 6) is 0.589. The van der Waals surface area contributed by atoms with Crippen LogP contribution >= 0.6 is 34.8 Å². The zero-order valence-corrected chi connectivity index (χ0v) is 10.6. The van der Waals surface area contributed by atoms with Gasteiger partial charge in [-0.25, -0.2) is 4.98 Å². The molecule has 0 atom stereocenters. The number of nitrogens with zero attached hydrogens (tertiary/aromatic N) is 2. The van der Waals surface area contributed by atoms with Crippen LogP contribution in [0, 0.1) is 0 Å². The zero-order chi connectivity index (χ0) is 12.4. The van der Waals surface area contributed by atoms with Crippen LogP contribution in [0.25, 0.3) is 0 Å². The molecule has 0 bridgehead atoms. The summed E-state index contributed by atoms with van der Waals surface area (Å²) in [4.78, 5) is 7.57. The number of hydrogen-bond acceptors (Lipinski definition) is 4. The molecule has 0 aliphatic carbocycles. The highest BCUT2D eigenvalue weighted by atomic mass is 35.5. The quantitative estimate of drug-likeness (QED) is 0.854. The van der Waals surface area contributed by atoms with Crippen LogP contribution in [0.4, 0.5) is 5.95 Å². The van der Waals surface area contributed by atoms with Crippen molar-refractivity contribution in [2.45, 2.75) is 0 Å². The minimum Gasteiger partial charge on any atom is -0.437 e. The summed E-state index contributed by atoms with van der Waals surface area (Å²) in [6.07, 6.45) is 0. The largest absolute Gasteiger partial charge is 0.437 e. The first-order valence-electron chi connectivity index (χ1n) is 4.48. The van der Waals surface area contributed by atoms with E-state index < -0.39 is 0 Å². The molecule has 1 heterocycles. The Labute approximate surface area is 112 Å². The van der Waals surface area contributed by atoms with Crippen molar-refractivity contribution in [2.75, 3.05) is 5.73 Å². The molecule has 4 nitrogen and oxygen atoms in total. The van der Waals surface area contributed by atoms with Crippen LogP contribution in [0.3, 0.4) is 0 Å². The number of nitrogen functional groups attached to an aromatic ring is 1. The predicted molar refractivity (Wildman–Crippen MR) is 68.0 cm³/mol. The standard InChI is InChI=1S/C10H6Cl3N3O/c11-5-2-1-3-6(9(5)13)17-8-4-7(12)15-10(14)16-8/h1-4H,(H2,14,15,16). The highest BCUT2D eigenvalue weighted by Gasteiger charge is 2.08. The lowest BCUT2D eigenvalue weighted by atomic mass is 10.3. The molecule has 0 amide bonds. The van der Waals surface area contributed by atoms with E-state index in [2.05, 4.69) is 9.97 Å². The zero-order valence-electron chi connectivity index (χ0n) is 8.32. The molecule has 0 radical (unpaired) electrons. The fourth-order valence-electron chi connectivity index (χ4n) is 1.14. The van der Waals surface area contributed by atoms with Crippen molar-refractivity contribution in [2.24, 2.45) is 0 Å². The Kier molecular flexibility index (Phi) is 3.57. The fourth-order valence-corrected chi connectivity index (χ4v) is 1.65. The molecule has 1 aromatic carbocycles. The molecule has 88 valence electrons. The summed E-state index contributed by atoms with van der Waals surface area (Å²) in [7, 11) is 0. The SMILES string of the molecule is Nc1nc(Cl)cc(Oc2cccc(Cl)c2Cl)n1. The van der Waals surface area contributed by atoms with E-state index in [9.17, 15) is 0 Å². The smallest absolute Gasteiger partial charge is 0.225 e. The maximum absolute atomic E-state index is 5.96. The predicted octanol–water partition coefficient (Wildman–Crippen LogP) is 3.81. The van der Waals surface area contributed by atoms with Gasteiger partial charge in [0.15, 0.2) is 0 Å². The summed E-state index contributed by atoms with van der Waals surface area (Å²) < 4.78 is 5.42. The van der Waals surface area contributed by atoms with Crippen molar-refractivity contribution >= 4 is 40.8 Å². The van der Waals surface area contributed by atoms with Gasteiger partial charge in [-0.1, -0.05) is 40.9 Å². The third-order valence-corrected chi connectivity index (χ3v) is 2.81. The molecule has 2 rings (SSSR count). The van der Waals surface area contributed by atoms with E-state index in [1.54, 1.807) is 18.2 Å². The van der Waals surface area contributed by atoms with E-state index in [-0.39, 0.29) is 17.0 Å². The van der Waals surface area contributed by atoms with Crippen molar-refractivity contribution in [3.63, 3.8) is 0 Å². The lowest BCUT2D eigenvalue weighted by molar-refractivity contribution is 0.463. The summed E-state index contributed by atoms with van der Waals surface area (Å²) in [6, 6.07) is 6.43. The Morgan fingerprint density at radius 3 is 2.59 bits per heavy atom. The molecule has 7 heteroatoms. The van der Waals surface area contributed by atoms with Crippen LogP contribution in [0.15, 0.2) is 24.3 Å². The van der Waals surface area contributed by atoms with E-state index in [1.165, 1.54) is 6.07 Å². The van der Waals surface area contributed by atoms with Crippen molar-refractivity contribution < 1.29 is 4.74 Å². The third-order valence-electron chi connectivity index (χ3n) is 1.82. The minimum absolute atomic E-state index is 0.0191. The average molecular weight is 291 g/mol. The highest BCUT2D eigenvalue weighted by molar-refractivity contribution is 6.42. The molecule has 0 fully saturated rings. The average Bonchev–Trinajstić information content (AvgIpc) is 2.23. The summed E-state index contributed by atoms with van der Waals surface area (Å²) in [5.41, 5.74) is 5.44. The molecule has 1 aromatic heterocycles. The van der Waals surface area contributed by atoms with Crippen LogP contribution in [0.5, 0.6) is 11.6 Å². The second-order valence-electron chi connectivity index (χ2n) is 3.04. The molecule has 2 N–H and O–H groups in total. The van der Waals surface area contributed by atoms with Gasteiger partial charge in [0.25, 0.3) is 0 Å². The number of benzene rings is 1. The Hall–Kier alpha value is -1.23. The van der Waals surface area contributed by atoms with Gasteiger partial charge in [0, 0.05) is 6.07 Å². The van der Waals surface area contributed by atoms with Gasteiger partial charge < -0.3 is 10.5 Å². The molecule has 0 saturated heterocycles. The van der Waals surface area contributed by atoms with E-state index in [4.69, 9.17) is 45.3 Å². The number of ether oxygens (including phenoxy) is 1. The van der Waals surface area contributed by atoms with Crippen molar-refractivity contribution in [1.29, 1.82) is 0 Å². The Bertz CT molecular complexity index is 542. The van der Waals surface area contributed by atoms with Crippen molar-refractivity contribution in [1.82, 2.24) is 9.97 Å². The lowest BCUT2D eigenvalue weighted by Crippen LogP contribution is -1.97. The number of halogens is 3. The molecular weight excluding hydrogens is 284 g/mol.